The van der Waals surface area contributed by atoms with Crippen molar-refractivity contribution in [3.8, 4) is 10.7 Å². The fraction of sp³-hybridized carbons (Fsp3) is 0.222. The minimum absolute atomic E-state index is 0.0938. The van der Waals surface area contributed by atoms with Crippen LogP contribution < -0.4 is 5.32 Å². The molecule has 0 aliphatic heterocycles. The summed E-state index contributed by atoms with van der Waals surface area (Å²) < 4.78 is 3.45. The molecular weight excluding hydrogens is 398 g/mol. The van der Waals surface area contributed by atoms with Crippen LogP contribution in [0.4, 0.5) is 5.13 Å². The number of carbonyl (C=O) groups excluding carboxylic acids is 1. The van der Waals surface area contributed by atoms with Crippen LogP contribution in [-0.2, 0) is 11.3 Å². The van der Waals surface area contributed by atoms with Crippen molar-refractivity contribution in [1.82, 2.24) is 19.7 Å². The van der Waals surface area contributed by atoms with Gasteiger partial charge in [-0.15, -0.1) is 11.3 Å². The number of hydrogen-bond donors (Lipinski definition) is 2. The Labute approximate surface area is 168 Å². The van der Waals surface area contributed by atoms with Crippen LogP contribution in [-0.4, -0.2) is 25.7 Å². The minimum Gasteiger partial charge on any atom is -0.302 e. The molecule has 0 atom stereocenters. The largest absolute Gasteiger partial charge is 0.302 e. The predicted molar refractivity (Wildman–Crippen MR) is 113 cm³/mol. The van der Waals surface area contributed by atoms with Gasteiger partial charge in [0.1, 0.15) is 0 Å². The average molecular weight is 416 g/mol. The Bertz CT molecular complexity index is 1170. The predicted octanol–water partition coefficient (Wildman–Crippen LogP) is 4.92. The van der Waals surface area contributed by atoms with E-state index < -0.39 is 0 Å². The van der Waals surface area contributed by atoms with E-state index in [1.165, 1.54) is 16.9 Å². The summed E-state index contributed by atoms with van der Waals surface area (Å²) in [7, 11) is 0. The molecule has 3 heterocycles. The molecule has 0 fully saturated rings. The zero-order chi connectivity index (χ0) is 19.0. The molecular formula is C18H17N5OS3. The molecule has 0 saturated carbocycles. The molecule has 3 aromatic heterocycles. The van der Waals surface area contributed by atoms with Gasteiger partial charge in [-0.25, -0.2) is 4.98 Å². The average Bonchev–Trinajstić information content (AvgIpc) is 3.32. The maximum atomic E-state index is 12.4. The van der Waals surface area contributed by atoms with Crippen LogP contribution in [0.3, 0.4) is 0 Å². The quantitative estimate of drug-likeness (QED) is 0.454. The lowest BCUT2D eigenvalue weighted by atomic mass is 10.1. The number of aryl methyl sites for hydroxylation is 2. The number of H-pyrrole nitrogens is 1. The molecule has 1 aromatic carbocycles. The smallest absolute Gasteiger partial charge is 0.227 e. The number of nitrogens with one attached hydrogen (secondary N) is 2. The van der Waals surface area contributed by atoms with E-state index >= 15 is 0 Å². The number of anilines is 1. The molecule has 4 rings (SSSR count). The van der Waals surface area contributed by atoms with Crippen molar-refractivity contribution < 1.29 is 4.79 Å². The molecule has 6 nitrogen and oxygen atoms in total. The number of thiophene rings is 1. The van der Waals surface area contributed by atoms with Crippen molar-refractivity contribution in [2.75, 3.05) is 5.32 Å². The Morgan fingerprint density at radius 2 is 2.22 bits per heavy atom. The summed E-state index contributed by atoms with van der Waals surface area (Å²) in [6, 6.07) is 8.14. The van der Waals surface area contributed by atoms with Gasteiger partial charge < -0.3 is 5.32 Å². The molecule has 0 unspecified atom stereocenters. The Kier molecular flexibility index (Phi) is 4.90. The Morgan fingerprint density at radius 3 is 3.00 bits per heavy atom. The molecule has 0 saturated heterocycles. The molecule has 0 aliphatic rings. The molecule has 0 aliphatic carbocycles. The van der Waals surface area contributed by atoms with Crippen LogP contribution in [0.5, 0.6) is 0 Å². The van der Waals surface area contributed by atoms with Crippen LogP contribution in [0.1, 0.15) is 17.5 Å². The van der Waals surface area contributed by atoms with E-state index in [-0.39, 0.29) is 5.91 Å². The second-order valence-electron chi connectivity index (χ2n) is 6.23. The second kappa shape index (κ2) is 7.34. The van der Waals surface area contributed by atoms with Gasteiger partial charge in [0.25, 0.3) is 0 Å². The van der Waals surface area contributed by atoms with E-state index in [0.29, 0.717) is 22.9 Å². The molecule has 4 aromatic rings. The normalized spacial score (nSPS) is 11.2. The van der Waals surface area contributed by atoms with Gasteiger partial charge in [-0.2, -0.15) is 5.10 Å². The molecule has 1 amide bonds. The van der Waals surface area contributed by atoms with Gasteiger partial charge in [0, 0.05) is 13.0 Å². The highest BCUT2D eigenvalue weighted by Gasteiger charge is 2.13. The molecule has 0 bridgehead atoms. The maximum absolute atomic E-state index is 12.4. The zero-order valence-corrected chi connectivity index (χ0v) is 17.2. The highest BCUT2D eigenvalue weighted by Crippen LogP contribution is 2.29. The Balaban J connectivity index is 1.48. The number of benzene rings is 1. The number of thiazole rings is 1. The lowest BCUT2D eigenvalue weighted by Gasteiger charge is -2.05. The summed E-state index contributed by atoms with van der Waals surface area (Å²) >= 11 is 8.39. The summed E-state index contributed by atoms with van der Waals surface area (Å²) in [4.78, 5) is 18.0. The van der Waals surface area contributed by atoms with Crippen LogP contribution in [0.25, 0.3) is 20.9 Å². The third-order valence-corrected chi connectivity index (χ3v) is 6.23. The summed E-state index contributed by atoms with van der Waals surface area (Å²) in [5, 5.41) is 12.6. The fourth-order valence-corrected chi connectivity index (χ4v) is 4.94. The highest BCUT2D eigenvalue weighted by molar-refractivity contribution is 7.71. The van der Waals surface area contributed by atoms with Crippen molar-refractivity contribution in [3.63, 3.8) is 0 Å². The Hall–Kier alpha value is -2.36. The first-order chi connectivity index (χ1) is 13.0. The summed E-state index contributed by atoms with van der Waals surface area (Å²) in [6.45, 7) is 4.55. The summed E-state index contributed by atoms with van der Waals surface area (Å²) in [6.07, 6.45) is 0.292. The Morgan fingerprint density at radius 1 is 1.37 bits per heavy atom. The van der Waals surface area contributed by atoms with Crippen molar-refractivity contribution >= 4 is 56.1 Å². The van der Waals surface area contributed by atoms with Gasteiger partial charge in [0.05, 0.1) is 15.1 Å². The van der Waals surface area contributed by atoms with Gasteiger partial charge in [0.15, 0.2) is 15.7 Å². The van der Waals surface area contributed by atoms with Gasteiger partial charge >= 0.3 is 0 Å². The monoisotopic (exact) mass is 415 g/mol. The minimum atomic E-state index is -0.0938. The second-order valence-corrected chi connectivity index (χ2v) is 8.59. The van der Waals surface area contributed by atoms with E-state index in [2.05, 4.69) is 39.6 Å². The van der Waals surface area contributed by atoms with Crippen LogP contribution in [0, 0.1) is 18.6 Å². The van der Waals surface area contributed by atoms with Gasteiger partial charge in [-0.1, -0.05) is 23.5 Å². The number of amides is 1. The number of fused-ring (bicyclic) bond motifs is 1. The number of rotatable bonds is 5. The topological polar surface area (TPSA) is 75.6 Å². The number of carbonyl (C=O) groups is 1. The maximum Gasteiger partial charge on any atom is 0.227 e. The number of nitrogens with zero attached hydrogens (tertiary/aromatic N) is 3. The lowest BCUT2D eigenvalue weighted by Crippen LogP contribution is -2.14. The van der Waals surface area contributed by atoms with E-state index in [1.54, 1.807) is 11.3 Å². The molecule has 0 radical (unpaired) electrons. The SMILES string of the molecule is Cc1cc(C)c2nc(NC(=O)CCn3c(-c4cccs4)n[nH]c3=S)sc2c1. The molecule has 0 spiro atoms. The lowest BCUT2D eigenvalue weighted by molar-refractivity contribution is -0.116. The zero-order valence-electron chi connectivity index (χ0n) is 14.8. The van der Waals surface area contributed by atoms with Crippen molar-refractivity contribution in [2.45, 2.75) is 26.8 Å². The van der Waals surface area contributed by atoms with E-state index in [4.69, 9.17) is 12.2 Å². The van der Waals surface area contributed by atoms with E-state index in [0.717, 1.165) is 26.5 Å². The van der Waals surface area contributed by atoms with Gasteiger partial charge in [-0.3, -0.25) is 14.5 Å². The third-order valence-electron chi connectivity index (χ3n) is 4.14. The first-order valence-corrected chi connectivity index (χ1v) is 10.5. The third kappa shape index (κ3) is 3.71. The van der Waals surface area contributed by atoms with Gasteiger partial charge in [0.2, 0.25) is 5.91 Å². The van der Waals surface area contributed by atoms with E-state index in [1.807, 2.05) is 29.0 Å². The molecule has 27 heavy (non-hydrogen) atoms. The first-order valence-electron chi connectivity index (χ1n) is 8.38. The van der Waals surface area contributed by atoms with Gasteiger partial charge in [-0.05, 0) is 54.7 Å². The van der Waals surface area contributed by atoms with Crippen LogP contribution in [0.15, 0.2) is 29.6 Å². The highest BCUT2D eigenvalue weighted by atomic mass is 32.1. The number of hydrogen-bond acceptors (Lipinski definition) is 6. The van der Waals surface area contributed by atoms with Crippen LogP contribution in [0.2, 0.25) is 0 Å². The van der Waals surface area contributed by atoms with Crippen molar-refractivity contribution in [2.24, 2.45) is 0 Å². The van der Waals surface area contributed by atoms with Crippen molar-refractivity contribution in [1.29, 1.82) is 0 Å². The van der Waals surface area contributed by atoms with Crippen molar-refractivity contribution in [3.05, 3.63) is 45.5 Å². The fourth-order valence-electron chi connectivity index (χ4n) is 2.94. The molecule has 9 heteroatoms. The summed E-state index contributed by atoms with van der Waals surface area (Å²) in [5.74, 6) is 0.664. The standard InChI is InChI=1S/C18H17N5OS3/c1-10-8-11(2)15-13(9-10)27-17(20-15)19-14(24)5-6-23-16(21-22-18(23)25)12-4-3-7-26-12/h3-4,7-9H,5-6H2,1-2H3,(H,22,25)(H,19,20,24). The molecule has 138 valence electrons. The summed E-state index contributed by atoms with van der Waals surface area (Å²) in [5.41, 5.74) is 3.25. The number of aromatic amines is 1. The van der Waals surface area contributed by atoms with E-state index in [9.17, 15) is 4.79 Å². The number of aromatic nitrogens is 4. The first kappa shape index (κ1) is 18.0. The van der Waals surface area contributed by atoms with Crippen LogP contribution >= 0.6 is 34.9 Å². The molecule has 2 N–H and O–H groups in total.